The predicted molar refractivity (Wildman–Crippen MR) is 134 cm³/mol. The molecule has 3 aliphatic rings. The van der Waals surface area contributed by atoms with E-state index in [0.29, 0.717) is 48.7 Å². The first-order valence-corrected chi connectivity index (χ1v) is 13.6. The molecule has 5 nitrogen and oxygen atoms in total. The van der Waals surface area contributed by atoms with Gasteiger partial charge in [0, 0.05) is 25.7 Å². The number of benzene rings is 1. The zero-order valence-electron chi connectivity index (χ0n) is 19.7. The van der Waals surface area contributed by atoms with E-state index in [2.05, 4.69) is 10.5 Å². The molecule has 3 heterocycles. The highest BCUT2D eigenvalue weighted by Crippen LogP contribution is 2.49. The summed E-state index contributed by atoms with van der Waals surface area (Å²) in [5, 5.41) is 6.08. The van der Waals surface area contributed by atoms with E-state index < -0.39 is 40.5 Å². The van der Waals surface area contributed by atoms with Crippen LogP contribution in [-0.4, -0.2) is 43.7 Å². The number of hydrogen-bond acceptors (Lipinski definition) is 5. The van der Waals surface area contributed by atoms with Crippen LogP contribution in [0.2, 0.25) is 10.0 Å². The standard InChI is InChI=1S/C25H24Cl2F4N2O3S/c26-17-9-13(10-18(27)20(17)28)24(25(29,30)31)11-19(33-36-12-24)21-15-3-1-2-4-16(15)22(37-21)23(34)32-14-5-7-35-8-6-14/h9-10,14H,1-8,11-12H2,(H,32,34). The molecule has 200 valence electrons. The van der Waals surface area contributed by atoms with E-state index in [9.17, 15) is 22.4 Å². The van der Waals surface area contributed by atoms with Crippen molar-refractivity contribution in [3.05, 3.63) is 54.4 Å². The smallest absolute Gasteiger partial charge is 0.394 e. The summed E-state index contributed by atoms with van der Waals surface area (Å²) in [6.07, 6.45) is -0.848. The number of thiophene rings is 1. The Morgan fingerprint density at radius 1 is 1.11 bits per heavy atom. The summed E-state index contributed by atoms with van der Waals surface area (Å²) >= 11 is 12.9. The molecule has 1 aromatic heterocycles. The number of nitrogens with zero attached hydrogens (tertiary/aromatic N) is 1. The van der Waals surface area contributed by atoms with E-state index in [1.807, 2.05) is 0 Å². The van der Waals surface area contributed by atoms with Crippen LogP contribution >= 0.6 is 34.5 Å². The summed E-state index contributed by atoms with van der Waals surface area (Å²) < 4.78 is 63.4. The van der Waals surface area contributed by atoms with Crippen LogP contribution in [0.15, 0.2) is 17.3 Å². The first kappa shape index (κ1) is 26.7. The summed E-state index contributed by atoms with van der Waals surface area (Å²) in [5.41, 5.74) is -1.01. The van der Waals surface area contributed by atoms with Crippen LogP contribution in [0.4, 0.5) is 17.6 Å². The van der Waals surface area contributed by atoms with Gasteiger partial charge in [-0.15, -0.1) is 11.3 Å². The van der Waals surface area contributed by atoms with Gasteiger partial charge in [0.05, 0.1) is 25.5 Å². The van der Waals surface area contributed by atoms with E-state index in [-0.39, 0.29) is 23.2 Å². The number of oxime groups is 1. The number of fused-ring (bicyclic) bond motifs is 1. The number of hydrogen-bond donors (Lipinski definition) is 1. The van der Waals surface area contributed by atoms with Gasteiger partial charge < -0.3 is 14.9 Å². The van der Waals surface area contributed by atoms with Crippen LogP contribution in [0, 0.1) is 5.82 Å². The zero-order valence-corrected chi connectivity index (χ0v) is 22.0. The lowest BCUT2D eigenvalue weighted by molar-refractivity contribution is -0.207. The minimum absolute atomic E-state index is 0.00718. The second-order valence-corrected chi connectivity index (χ2v) is 11.4. The molecule has 0 saturated carbocycles. The average molecular weight is 579 g/mol. The van der Waals surface area contributed by atoms with E-state index in [4.69, 9.17) is 32.8 Å². The number of rotatable bonds is 4. The molecule has 0 spiro atoms. The third kappa shape index (κ3) is 4.97. The van der Waals surface area contributed by atoms with E-state index in [1.165, 1.54) is 0 Å². The van der Waals surface area contributed by atoms with Gasteiger partial charge in [-0.25, -0.2) is 4.39 Å². The van der Waals surface area contributed by atoms with Crippen molar-refractivity contribution in [2.45, 2.75) is 62.6 Å². The molecule has 0 radical (unpaired) electrons. The van der Waals surface area contributed by atoms with Crippen molar-refractivity contribution in [2.75, 3.05) is 19.8 Å². The highest BCUT2D eigenvalue weighted by molar-refractivity contribution is 7.16. The van der Waals surface area contributed by atoms with Gasteiger partial charge in [0.2, 0.25) is 0 Å². The molecule has 2 aliphatic heterocycles. The number of carbonyl (C=O) groups excluding carboxylic acids is 1. The zero-order chi connectivity index (χ0) is 26.4. The largest absolute Gasteiger partial charge is 0.402 e. The van der Waals surface area contributed by atoms with E-state index in [0.717, 1.165) is 47.4 Å². The maximum absolute atomic E-state index is 14.7. The van der Waals surface area contributed by atoms with Crippen LogP contribution in [0.25, 0.3) is 0 Å². The fraction of sp³-hybridized carbons (Fsp3) is 0.520. The molecule has 1 aromatic carbocycles. The van der Waals surface area contributed by atoms with Gasteiger partial charge >= 0.3 is 6.18 Å². The third-order valence-electron chi connectivity index (χ3n) is 7.28. The highest BCUT2D eigenvalue weighted by atomic mass is 35.5. The SMILES string of the molecule is O=C(NC1CCOCC1)c1sc(C2=NOCC(c3cc(Cl)c(F)c(Cl)c3)(C(F)(F)F)C2)c2c1CCCC2. The summed E-state index contributed by atoms with van der Waals surface area (Å²) in [6.45, 7) is 0.344. The van der Waals surface area contributed by atoms with Crippen molar-refractivity contribution in [3.63, 3.8) is 0 Å². The third-order valence-corrected chi connectivity index (χ3v) is 9.15. The lowest BCUT2D eigenvalue weighted by Crippen LogP contribution is -2.49. The molecule has 1 fully saturated rings. The van der Waals surface area contributed by atoms with Crippen molar-refractivity contribution >= 4 is 46.2 Å². The Labute approximate surface area is 225 Å². The minimum atomic E-state index is -4.78. The average Bonchev–Trinajstić information content (AvgIpc) is 3.27. The van der Waals surface area contributed by atoms with Crippen LogP contribution < -0.4 is 5.32 Å². The van der Waals surface area contributed by atoms with Gasteiger partial charge in [-0.2, -0.15) is 13.2 Å². The summed E-state index contributed by atoms with van der Waals surface area (Å²) in [7, 11) is 0. The van der Waals surface area contributed by atoms with Gasteiger partial charge in [0.1, 0.15) is 12.0 Å². The Morgan fingerprint density at radius 2 is 1.76 bits per heavy atom. The summed E-state index contributed by atoms with van der Waals surface area (Å²) in [5.74, 6) is -1.21. The molecule has 12 heteroatoms. The number of amides is 1. The molecule has 1 amide bonds. The molecule has 1 aliphatic carbocycles. The molecule has 0 bridgehead atoms. The van der Waals surface area contributed by atoms with Crippen LogP contribution in [-0.2, 0) is 27.8 Å². The fourth-order valence-electron chi connectivity index (χ4n) is 5.22. The maximum atomic E-state index is 14.7. The molecular weight excluding hydrogens is 555 g/mol. The second kappa shape index (κ2) is 10.4. The Balaban J connectivity index is 1.53. The molecule has 1 atom stereocenters. The van der Waals surface area contributed by atoms with Crippen molar-refractivity contribution < 1.29 is 31.9 Å². The Hall–Kier alpha value is -1.88. The molecular formula is C25H24Cl2F4N2O3S. The fourth-order valence-corrected chi connectivity index (χ4v) is 6.98. The molecule has 2 aromatic rings. The molecule has 37 heavy (non-hydrogen) atoms. The van der Waals surface area contributed by atoms with Crippen LogP contribution in [0.3, 0.4) is 0 Å². The van der Waals surface area contributed by atoms with E-state index >= 15 is 0 Å². The summed E-state index contributed by atoms with van der Waals surface area (Å²) in [6, 6.07) is 1.88. The van der Waals surface area contributed by atoms with Gasteiger partial charge in [-0.1, -0.05) is 28.4 Å². The number of alkyl halides is 3. The maximum Gasteiger partial charge on any atom is 0.402 e. The van der Waals surface area contributed by atoms with Crippen LogP contribution in [0.5, 0.6) is 0 Å². The van der Waals surface area contributed by atoms with Gasteiger partial charge in [-0.05, 0) is 67.3 Å². The second-order valence-electron chi connectivity index (χ2n) is 9.61. The Morgan fingerprint density at radius 3 is 2.41 bits per heavy atom. The first-order chi connectivity index (χ1) is 17.6. The summed E-state index contributed by atoms with van der Waals surface area (Å²) in [4.78, 5) is 19.5. The number of carbonyl (C=O) groups is 1. The lowest BCUT2D eigenvalue weighted by Gasteiger charge is -2.38. The topological polar surface area (TPSA) is 59.9 Å². The van der Waals surface area contributed by atoms with Crippen molar-refractivity contribution in [2.24, 2.45) is 5.16 Å². The highest BCUT2D eigenvalue weighted by Gasteiger charge is 2.59. The van der Waals surface area contributed by atoms with Gasteiger partial charge in [-0.3, -0.25) is 4.79 Å². The Kier molecular flexibility index (Phi) is 7.48. The number of ether oxygens (including phenoxy) is 1. The van der Waals surface area contributed by atoms with Crippen molar-refractivity contribution in [1.82, 2.24) is 5.32 Å². The molecule has 1 N–H and O–H groups in total. The Bertz CT molecular complexity index is 1220. The van der Waals surface area contributed by atoms with E-state index in [1.54, 1.807) is 0 Å². The normalized spacial score (nSPS) is 22.7. The molecule has 5 rings (SSSR count). The monoisotopic (exact) mass is 578 g/mol. The van der Waals surface area contributed by atoms with Crippen molar-refractivity contribution in [3.8, 4) is 0 Å². The molecule has 1 unspecified atom stereocenters. The van der Waals surface area contributed by atoms with Gasteiger partial charge in [0.25, 0.3) is 5.91 Å². The predicted octanol–water partition coefficient (Wildman–Crippen LogP) is 6.61. The van der Waals surface area contributed by atoms with Crippen molar-refractivity contribution in [1.29, 1.82) is 0 Å². The molecule has 1 saturated heterocycles. The van der Waals surface area contributed by atoms with Gasteiger partial charge in [0.15, 0.2) is 5.82 Å². The minimum Gasteiger partial charge on any atom is -0.394 e. The lowest BCUT2D eigenvalue weighted by atomic mass is 9.74. The van der Waals surface area contributed by atoms with Crippen LogP contribution in [0.1, 0.15) is 63.3 Å². The number of nitrogens with one attached hydrogen (secondary N) is 1. The first-order valence-electron chi connectivity index (χ1n) is 12.0. The quantitative estimate of drug-likeness (QED) is 0.328. The number of halogens is 6.